The fourth-order valence-corrected chi connectivity index (χ4v) is 4.36. The number of nitrogens with zero attached hydrogens (tertiary/aromatic N) is 5. The van der Waals surface area contributed by atoms with Gasteiger partial charge in [-0.1, -0.05) is 0 Å². The number of carbonyl (C=O) groups is 1. The molecule has 0 atom stereocenters. The lowest BCUT2D eigenvalue weighted by Crippen LogP contribution is -2.29. The second-order valence-corrected chi connectivity index (χ2v) is 9.32. The number of aromatic amines is 1. The molecule has 1 amide bonds. The number of amides is 1. The number of H-pyrrole nitrogens is 1. The van der Waals surface area contributed by atoms with E-state index in [4.69, 9.17) is 14.6 Å². The fraction of sp³-hybridized carbons (Fsp3) is 0.292. The highest BCUT2D eigenvalue weighted by Crippen LogP contribution is 2.36. The lowest BCUT2D eigenvalue weighted by Gasteiger charge is -2.24. The number of hydrogen-bond donors (Lipinski definition) is 1. The Labute approximate surface area is 190 Å². The van der Waals surface area contributed by atoms with Crippen LogP contribution in [0.15, 0.2) is 48.8 Å². The van der Waals surface area contributed by atoms with Crippen molar-refractivity contribution in [2.45, 2.75) is 39.4 Å². The van der Waals surface area contributed by atoms with Gasteiger partial charge in [0, 0.05) is 23.5 Å². The summed E-state index contributed by atoms with van der Waals surface area (Å²) in [6.45, 7) is 7.57. The van der Waals surface area contributed by atoms with Gasteiger partial charge >= 0.3 is 0 Å². The Morgan fingerprint density at radius 1 is 1.06 bits per heavy atom. The second kappa shape index (κ2) is 6.99. The van der Waals surface area contributed by atoms with Crippen molar-refractivity contribution in [1.29, 1.82) is 0 Å². The number of aromatic nitrogens is 5. The van der Waals surface area contributed by atoms with Crippen LogP contribution >= 0.6 is 0 Å². The lowest BCUT2D eigenvalue weighted by molar-refractivity contribution is 0.0742. The molecule has 0 saturated carbocycles. The molecule has 4 aromatic rings. The Morgan fingerprint density at radius 3 is 2.64 bits per heavy atom. The summed E-state index contributed by atoms with van der Waals surface area (Å²) in [4.78, 5) is 15.1. The molecule has 5 heterocycles. The van der Waals surface area contributed by atoms with Gasteiger partial charge in [-0.15, -0.1) is 0 Å². The average molecular weight is 444 g/mol. The van der Waals surface area contributed by atoms with Crippen molar-refractivity contribution in [3.63, 3.8) is 0 Å². The molecule has 0 spiro atoms. The maximum absolute atomic E-state index is 13.3. The Balaban J connectivity index is 1.27. The molecule has 1 aromatic carbocycles. The van der Waals surface area contributed by atoms with E-state index < -0.39 is 0 Å². The Bertz CT molecular complexity index is 1360. The van der Waals surface area contributed by atoms with Crippen LogP contribution in [0.5, 0.6) is 11.5 Å². The number of nitrogens with one attached hydrogen (secondary N) is 1. The summed E-state index contributed by atoms with van der Waals surface area (Å²) in [6, 6.07) is 11.4. The van der Waals surface area contributed by atoms with Gasteiger partial charge in [-0.05, 0) is 57.2 Å². The number of carbonyl (C=O) groups excluding carboxylic acids is 1. The minimum atomic E-state index is -0.179. The molecule has 0 unspecified atom stereocenters. The lowest BCUT2D eigenvalue weighted by atomic mass is 10.1. The zero-order chi connectivity index (χ0) is 22.7. The molecule has 6 rings (SSSR count). The first-order valence-corrected chi connectivity index (χ1v) is 10.9. The number of hydrogen-bond acceptors (Lipinski definition) is 5. The number of fused-ring (bicyclic) bond motifs is 2. The zero-order valence-electron chi connectivity index (χ0n) is 18.7. The van der Waals surface area contributed by atoms with Gasteiger partial charge in [0.1, 0.15) is 11.5 Å². The summed E-state index contributed by atoms with van der Waals surface area (Å²) in [5, 5.41) is 12.1. The molecule has 0 aliphatic carbocycles. The first-order chi connectivity index (χ1) is 15.9. The summed E-state index contributed by atoms with van der Waals surface area (Å²) in [5.41, 5.74) is 3.80. The van der Waals surface area contributed by atoms with Crippen molar-refractivity contribution < 1.29 is 14.3 Å². The zero-order valence-corrected chi connectivity index (χ0v) is 18.7. The maximum Gasteiger partial charge on any atom is 0.272 e. The molecular weight excluding hydrogens is 420 g/mol. The highest BCUT2D eigenvalue weighted by Gasteiger charge is 2.34. The Hall–Kier alpha value is -4.01. The van der Waals surface area contributed by atoms with Gasteiger partial charge in [-0.25, -0.2) is 4.68 Å². The molecule has 3 aromatic heterocycles. The van der Waals surface area contributed by atoms with E-state index in [-0.39, 0.29) is 18.2 Å². The Morgan fingerprint density at radius 2 is 1.85 bits per heavy atom. The molecule has 0 radical (unpaired) electrons. The van der Waals surface area contributed by atoms with E-state index in [9.17, 15) is 4.79 Å². The van der Waals surface area contributed by atoms with Gasteiger partial charge in [0.25, 0.3) is 5.91 Å². The molecular formula is C24H24N6O3. The van der Waals surface area contributed by atoms with Crippen molar-refractivity contribution >= 4 is 5.91 Å². The summed E-state index contributed by atoms with van der Waals surface area (Å²) in [7, 11) is 0. The highest BCUT2D eigenvalue weighted by molar-refractivity contribution is 5.93. The smallest absolute Gasteiger partial charge is 0.272 e. The first-order valence-electron chi connectivity index (χ1n) is 10.9. The maximum atomic E-state index is 13.3. The fourth-order valence-electron chi connectivity index (χ4n) is 4.36. The summed E-state index contributed by atoms with van der Waals surface area (Å²) in [6.07, 6.45) is 4.02. The standard InChI is InChI=1S/C24H24N6O3/c1-24(2,3)30-22(28-8-4-5-9-28)16-12-29(13-19(16)27-30)23(31)18-11-17(25-26-18)15-6-7-20-21(10-15)33-14-32-20/h4-11H,12-14H2,1-3H3,(H,25,26). The normalized spacial score (nSPS) is 14.7. The summed E-state index contributed by atoms with van der Waals surface area (Å²) < 4.78 is 14.9. The third-order valence-electron chi connectivity index (χ3n) is 5.98. The van der Waals surface area contributed by atoms with Gasteiger partial charge in [-0.2, -0.15) is 10.2 Å². The van der Waals surface area contributed by atoms with Gasteiger partial charge in [0.05, 0.1) is 30.0 Å². The minimum absolute atomic E-state index is 0.103. The molecule has 33 heavy (non-hydrogen) atoms. The van der Waals surface area contributed by atoms with Crippen LogP contribution in [0.3, 0.4) is 0 Å². The predicted octanol–water partition coefficient (Wildman–Crippen LogP) is 3.70. The van der Waals surface area contributed by atoms with E-state index in [1.165, 1.54) is 0 Å². The molecule has 2 aliphatic rings. The van der Waals surface area contributed by atoms with E-state index >= 15 is 0 Å². The number of ether oxygens (including phenoxy) is 2. The van der Waals surface area contributed by atoms with Gasteiger partial charge in [0.15, 0.2) is 11.5 Å². The molecule has 9 nitrogen and oxygen atoms in total. The molecule has 1 N–H and O–H groups in total. The third-order valence-corrected chi connectivity index (χ3v) is 5.98. The first kappa shape index (κ1) is 19.7. The van der Waals surface area contributed by atoms with Crippen LogP contribution in [0.25, 0.3) is 17.1 Å². The van der Waals surface area contributed by atoms with Crippen molar-refractivity contribution in [3.8, 4) is 28.6 Å². The van der Waals surface area contributed by atoms with E-state index in [2.05, 4.69) is 35.5 Å². The largest absolute Gasteiger partial charge is 0.454 e. The van der Waals surface area contributed by atoms with E-state index in [0.717, 1.165) is 22.6 Å². The predicted molar refractivity (Wildman–Crippen MR) is 120 cm³/mol. The van der Waals surface area contributed by atoms with Crippen LogP contribution in [0.4, 0.5) is 0 Å². The van der Waals surface area contributed by atoms with E-state index in [1.54, 1.807) is 11.0 Å². The third kappa shape index (κ3) is 3.19. The summed E-state index contributed by atoms with van der Waals surface area (Å²) >= 11 is 0. The van der Waals surface area contributed by atoms with Crippen LogP contribution in [-0.2, 0) is 18.6 Å². The monoisotopic (exact) mass is 444 g/mol. The minimum Gasteiger partial charge on any atom is -0.454 e. The topological polar surface area (TPSA) is 90.2 Å². The van der Waals surface area contributed by atoms with Crippen molar-refractivity contribution in [2.24, 2.45) is 0 Å². The SMILES string of the molecule is CC(C)(C)n1nc2c(c1-n1cccc1)CN(C(=O)c1cc(-c3ccc4c(c3)OCO4)n[nH]1)C2. The van der Waals surface area contributed by atoms with Crippen molar-refractivity contribution in [1.82, 2.24) is 29.4 Å². The highest BCUT2D eigenvalue weighted by atomic mass is 16.7. The number of benzene rings is 1. The van der Waals surface area contributed by atoms with Crippen molar-refractivity contribution in [3.05, 3.63) is 65.7 Å². The van der Waals surface area contributed by atoms with Gasteiger partial charge in [0.2, 0.25) is 6.79 Å². The second-order valence-electron chi connectivity index (χ2n) is 9.32. The molecule has 9 heteroatoms. The van der Waals surface area contributed by atoms with E-state index in [0.29, 0.717) is 36.0 Å². The average Bonchev–Trinajstić information content (AvgIpc) is 3.59. The van der Waals surface area contributed by atoms with Crippen LogP contribution in [0.2, 0.25) is 0 Å². The van der Waals surface area contributed by atoms with Gasteiger partial charge < -0.3 is 18.9 Å². The quantitative estimate of drug-likeness (QED) is 0.520. The van der Waals surface area contributed by atoms with Crippen molar-refractivity contribution in [2.75, 3.05) is 6.79 Å². The van der Waals surface area contributed by atoms with Crippen LogP contribution < -0.4 is 9.47 Å². The van der Waals surface area contributed by atoms with Crippen LogP contribution in [-0.4, -0.2) is 42.1 Å². The molecule has 0 saturated heterocycles. The molecule has 0 bridgehead atoms. The Kier molecular flexibility index (Phi) is 4.17. The summed E-state index contributed by atoms with van der Waals surface area (Å²) in [5.74, 6) is 2.30. The molecule has 0 fully saturated rings. The van der Waals surface area contributed by atoms with Gasteiger partial charge in [-0.3, -0.25) is 9.89 Å². The van der Waals surface area contributed by atoms with E-state index in [1.807, 2.05) is 47.4 Å². The van der Waals surface area contributed by atoms with Crippen LogP contribution in [0, 0.1) is 0 Å². The number of rotatable bonds is 3. The molecule has 168 valence electrons. The van der Waals surface area contributed by atoms with Crippen LogP contribution in [0.1, 0.15) is 42.5 Å². The molecule has 2 aliphatic heterocycles.